The Labute approximate surface area is 75.5 Å². The van der Waals surface area contributed by atoms with E-state index in [1.807, 2.05) is 0 Å². The predicted molar refractivity (Wildman–Crippen MR) is 51.3 cm³/mol. The van der Waals surface area contributed by atoms with Gasteiger partial charge in [0.15, 0.2) is 0 Å². The molecule has 12 heavy (non-hydrogen) atoms. The molecule has 0 amide bonds. The fourth-order valence-electron chi connectivity index (χ4n) is 2.50. The van der Waals surface area contributed by atoms with Crippen molar-refractivity contribution in [2.75, 3.05) is 32.7 Å². The van der Waals surface area contributed by atoms with Crippen LogP contribution in [-0.4, -0.2) is 48.6 Å². The Morgan fingerprint density at radius 1 is 1.17 bits per heavy atom. The maximum atomic E-state index is 2.69. The van der Waals surface area contributed by atoms with E-state index in [-0.39, 0.29) is 0 Å². The molecule has 0 aromatic heterocycles. The van der Waals surface area contributed by atoms with E-state index in [0.29, 0.717) is 0 Å². The van der Waals surface area contributed by atoms with E-state index in [2.05, 4.69) is 16.7 Å². The molecule has 0 saturated carbocycles. The lowest BCUT2D eigenvalue weighted by atomic mass is 10.2. The van der Waals surface area contributed by atoms with Crippen LogP contribution in [0.15, 0.2) is 0 Å². The van der Waals surface area contributed by atoms with Crippen LogP contribution in [0, 0.1) is 0 Å². The smallest absolute Gasteiger partial charge is 0.0235 e. The first-order chi connectivity index (χ1) is 5.90. The molecule has 70 valence electrons. The predicted octanol–water partition coefficient (Wildman–Crippen LogP) is 1.18. The second-order valence-corrected chi connectivity index (χ2v) is 4.08. The molecule has 2 aliphatic heterocycles. The SMILES string of the molecule is CCN1CC[C@H](N2CCCC2)C1. The van der Waals surface area contributed by atoms with Gasteiger partial charge in [0.2, 0.25) is 0 Å². The van der Waals surface area contributed by atoms with E-state index in [4.69, 9.17) is 0 Å². The maximum absolute atomic E-state index is 2.69. The summed E-state index contributed by atoms with van der Waals surface area (Å²) >= 11 is 0. The number of likely N-dealkylation sites (N-methyl/N-ethyl adjacent to an activating group) is 1. The third-order valence-electron chi connectivity index (χ3n) is 3.35. The van der Waals surface area contributed by atoms with Crippen LogP contribution in [0.4, 0.5) is 0 Å². The van der Waals surface area contributed by atoms with Crippen LogP contribution in [0.1, 0.15) is 26.2 Å². The summed E-state index contributed by atoms with van der Waals surface area (Å²) in [4.78, 5) is 5.26. The largest absolute Gasteiger partial charge is 0.302 e. The lowest BCUT2D eigenvalue weighted by Gasteiger charge is -2.23. The summed E-state index contributed by atoms with van der Waals surface area (Å²) in [6, 6.07) is 0.896. The van der Waals surface area contributed by atoms with Crippen molar-refractivity contribution in [2.24, 2.45) is 0 Å². The Balaban J connectivity index is 1.81. The first-order valence-corrected chi connectivity index (χ1v) is 5.36. The van der Waals surface area contributed by atoms with Crippen LogP contribution < -0.4 is 0 Å². The molecule has 2 nitrogen and oxygen atoms in total. The molecule has 0 spiro atoms. The Hall–Kier alpha value is -0.0800. The molecule has 0 bridgehead atoms. The first kappa shape index (κ1) is 8.52. The third-order valence-corrected chi connectivity index (χ3v) is 3.35. The normalized spacial score (nSPS) is 33.2. The van der Waals surface area contributed by atoms with Crippen molar-refractivity contribution >= 4 is 0 Å². The third kappa shape index (κ3) is 1.64. The average molecular weight is 168 g/mol. The van der Waals surface area contributed by atoms with Crippen molar-refractivity contribution in [3.8, 4) is 0 Å². The number of likely N-dealkylation sites (tertiary alicyclic amines) is 2. The molecule has 2 fully saturated rings. The van der Waals surface area contributed by atoms with E-state index in [1.165, 1.54) is 52.0 Å². The molecule has 0 unspecified atom stereocenters. The van der Waals surface area contributed by atoms with Crippen LogP contribution in [-0.2, 0) is 0 Å². The van der Waals surface area contributed by atoms with E-state index in [1.54, 1.807) is 0 Å². The van der Waals surface area contributed by atoms with Gasteiger partial charge in [0, 0.05) is 12.6 Å². The zero-order valence-electron chi connectivity index (χ0n) is 8.13. The summed E-state index contributed by atoms with van der Waals surface area (Å²) < 4.78 is 0. The number of hydrogen-bond donors (Lipinski definition) is 0. The standard InChI is InChI=1S/C10H20N2/c1-2-11-8-5-10(9-11)12-6-3-4-7-12/h10H,2-9H2,1H3/t10-/m0/s1. The zero-order valence-corrected chi connectivity index (χ0v) is 8.13. The minimum atomic E-state index is 0.896. The van der Waals surface area contributed by atoms with Crippen molar-refractivity contribution in [3.05, 3.63) is 0 Å². The van der Waals surface area contributed by atoms with Gasteiger partial charge in [-0.05, 0) is 45.4 Å². The monoisotopic (exact) mass is 168 g/mol. The van der Waals surface area contributed by atoms with E-state index in [0.717, 1.165) is 6.04 Å². The molecule has 2 aliphatic rings. The highest BCUT2D eigenvalue weighted by atomic mass is 15.3. The van der Waals surface area contributed by atoms with Gasteiger partial charge >= 0.3 is 0 Å². The molecule has 0 aliphatic carbocycles. The topological polar surface area (TPSA) is 6.48 Å². The van der Waals surface area contributed by atoms with Gasteiger partial charge < -0.3 is 4.90 Å². The van der Waals surface area contributed by atoms with Gasteiger partial charge in [0.1, 0.15) is 0 Å². The maximum Gasteiger partial charge on any atom is 0.0235 e. The number of rotatable bonds is 2. The van der Waals surface area contributed by atoms with Gasteiger partial charge in [0.05, 0.1) is 0 Å². The highest BCUT2D eigenvalue weighted by molar-refractivity contribution is 4.84. The fourth-order valence-corrected chi connectivity index (χ4v) is 2.50. The van der Waals surface area contributed by atoms with Crippen LogP contribution in [0.25, 0.3) is 0 Å². The number of nitrogens with zero attached hydrogens (tertiary/aromatic N) is 2. The van der Waals surface area contributed by atoms with Crippen molar-refractivity contribution < 1.29 is 0 Å². The van der Waals surface area contributed by atoms with E-state index >= 15 is 0 Å². The second kappa shape index (κ2) is 3.75. The van der Waals surface area contributed by atoms with Crippen LogP contribution in [0.3, 0.4) is 0 Å². The van der Waals surface area contributed by atoms with E-state index < -0.39 is 0 Å². The summed E-state index contributed by atoms with van der Waals surface area (Å²) in [5.74, 6) is 0. The molecule has 0 aromatic rings. The minimum Gasteiger partial charge on any atom is -0.302 e. The highest BCUT2D eigenvalue weighted by Crippen LogP contribution is 2.19. The molecule has 1 atom stereocenters. The first-order valence-electron chi connectivity index (χ1n) is 5.36. The fraction of sp³-hybridized carbons (Fsp3) is 1.00. The molecular formula is C10H20N2. The molecule has 2 heterocycles. The summed E-state index contributed by atoms with van der Waals surface area (Å²) in [5.41, 5.74) is 0. The molecule has 2 saturated heterocycles. The summed E-state index contributed by atoms with van der Waals surface area (Å²) in [5, 5.41) is 0. The number of hydrogen-bond acceptors (Lipinski definition) is 2. The van der Waals surface area contributed by atoms with Crippen molar-refractivity contribution in [3.63, 3.8) is 0 Å². The molecule has 0 N–H and O–H groups in total. The summed E-state index contributed by atoms with van der Waals surface area (Å²) in [6.45, 7) is 8.90. The molecule has 2 rings (SSSR count). The second-order valence-electron chi connectivity index (χ2n) is 4.08. The Morgan fingerprint density at radius 2 is 1.92 bits per heavy atom. The lowest BCUT2D eigenvalue weighted by Crippen LogP contribution is -2.35. The quantitative estimate of drug-likeness (QED) is 0.611. The van der Waals surface area contributed by atoms with Crippen LogP contribution in [0.5, 0.6) is 0 Å². The van der Waals surface area contributed by atoms with Crippen LogP contribution in [0.2, 0.25) is 0 Å². The highest BCUT2D eigenvalue weighted by Gasteiger charge is 2.27. The Kier molecular flexibility index (Phi) is 2.66. The van der Waals surface area contributed by atoms with Gasteiger partial charge in [0.25, 0.3) is 0 Å². The van der Waals surface area contributed by atoms with Gasteiger partial charge in [-0.3, -0.25) is 4.90 Å². The van der Waals surface area contributed by atoms with Gasteiger partial charge in [-0.15, -0.1) is 0 Å². The van der Waals surface area contributed by atoms with E-state index in [9.17, 15) is 0 Å². The van der Waals surface area contributed by atoms with Crippen molar-refractivity contribution in [1.29, 1.82) is 0 Å². The average Bonchev–Trinajstić information content (AvgIpc) is 2.75. The zero-order chi connectivity index (χ0) is 8.39. The van der Waals surface area contributed by atoms with Gasteiger partial charge in [-0.2, -0.15) is 0 Å². The van der Waals surface area contributed by atoms with Crippen LogP contribution >= 0.6 is 0 Å². The lowest BCUT2D eigenvalue weighted by molar-refractivity contribution is 0.235. The summed E-state index contributed by atoms with van der Waals surface area (Å²) in [6.07, 6.45) is 4.28. The molecule has 0 aromatic carbocycles. The van der Waals surface area contributed by atoms with Crippen molar-refractivity contribution in [2.45, 2.75) is 32.2 Å². The van der Waals surface area contributed by atoms with Gasteiger partial charge in [-0.25, -0.2) is 0 Å². The Bertz CT molecular complexity index is 141. The minimum absolute atomic E-state index is 0.896. The summed E-state index contributed by atoms with van der Waals surface area (Å²) in [7, 11) is 0. The van der Waals surface area contributed by atoms with Gasteiger partial charge in [-0.1, -0.05) is 6.92 Å². The Morgan fingerprint density at radius 3 is 2.50 bits per heavy atom. The molecular weight excluding hydrogens is 148 g/mol. The molecule has 0 radical (unpaired) electrons. The van der Waals surface area contributed by atoms with Crippen molar-refractivity contribution in [1.82, 2.24) is 9.80 Å². The molecule has 2 heteroatoms.